The summed E-state index contributed by atoms with van der Waals surface area (Å²) in [5.74, 6) is 1.00. The third-order valence-electron chi connectivity index (χ3n) is 4.73. The van der Waals surface area contributed by atoms with Crippen LogP contribution in [0.4, 0.5) is 5.69 Å². The molecule has 1 fully saturated rings. The highest BCUT2D eigenvalue weighted by molar-refractivity contribution is 8.00. The van der Waals surface area contributed by atoms with Crippen molar-refractivity contribution in [3.05, 3.63) is 41.1 Å². The van der Waals surface area contributed by atoms with Crippen molar-refractivity contribution in [1.29, 1.82) is 0 Å². The molecule has 0 spiro atoms. The summed E-state index contributed by atoms with van der Waals surface area (Å²) in [5, 5.41) is 3.59. The summed E-state index contributed by atoms with van der Waals surface area (Å²) in [4.78, 5) is 25.8. The number of aryl methyl sites for hydroxylation is 1. The SMILES string of the molecule is CC(=O)C(CSCC(=O)N1CCC(Nc2ccccc2C)CC1)=C(C)N. The Hall–Kier alpha value is -1.95. The van der Waals surface area contributed by atoms with Crippen LogP contribution in [0, 0.1) is 6.92 Å². The van der Waals surface area contributed by atoms with Crippen molar-refractivity contribution in [2.24, 2.45) is 5.73 Å². The minimum Gasteiger partial charge on any atom is -0.402 e. The first-order valence-corrected chi connectivity index (χ1v) is 10.2. The summed E-state index contributed by atoms with van der Waals surface area (Å²) in [7, 11) is 0. The zero-order valence-electron chi connectivity index (χ0n) is 15.9. The van der Waals surface area contributed by atoms with E-state index < -0.39 is 0 Å². The normalized spacial score (nSPS) is 16.2. The summed E-state index contributed by atoms with van der Waals surface area (Å²) in [6, 6.07) is 8.68. The number of piperidine rings is 1. The molecule has 0 unspecified atom stereocenters. The number of benzene rings is 1. The molecule has 0 aromatic heterocycles. The van der Waals surface area contributed by atoms with Gasteiger partial charge in [0.25, 0.3) is 0 Å². The number of carbonyl (C=O) groups is 2. The van der Waals surface area contributed by atoms with Gasteiger partial charge in [-0.1, -0.05) is 18.2 Å². The Bertz CT molecular complexity index is 675. The van der Waals surface area contributed by atoms with E-state index in [2.05, 4.69) is 24.4 Å². The van der Waals surface area contributed by atoms with E-state index in [0.717, 1.165) is 25.9 Å². The van der Waals surface area contributed by atoms with Crippen LogP contribution in [-0.4, -0.2) is 47.2 Å². The van der Waals surface area contributed by atoms with Gasteiger partial charge < -0.3 is 16.0 Å². The smallest absolute Gasteiger partial charge is 0.232 e. The molecule has 1 saturated heterocycles. The second kappa shape index (κ2) is 9.67. The maximum absolute atomic E-state index is 12.4. The Morgan fingerprint density at radius 2 is 1.85 bits per heavy atom. The molecule has 1 amide bonds. The van der Waals surface area contributed by atoms with Gasteiger partial charge in [-0.15, -0.1) is 11.8 Å². The topological polar surface area (TPSA) is 75.4 Å². The number of nitrogens with one attached hydrogen (secondary N) is 1. The number of rotatable bonds is 7. The van der Waals surface area contributed by atoms with Crippen molar-refractivity contribution in [3.8, 4) is 0 Å². The summed E-state index contributed by atoms with van der Waals surface area (Å²) in [6.07, 6.45) is 1.90. The lowest BCUT2D eigenvalue weighted by molar-refractivity contribution is -0.129. The van der Waals surface area contributed by atoms with Gasteiger partial charge in [-0.25, -0.2) is 0 Å². The van der Waals surface area contributed by atoms with E-state index in [1.165, 1.54) is 29.9 Å². The Morgan fingerprint density at radius 3 is 2.42 bits per heavy atom. The summed E-state index contributed by atoms with van der Waals surface area (Å²) in [5.41, 5.74) is 9.30. The molecular formula is C20H29N3O2S. The van der Waals surface area contributed by atoms with Gasteiger partial charge >= 0.3 is 0 Å². The van der Waals surface area contributed by atoms with Gasteiger partial charge in [0, 0.05) is 41.8 Å². The third-order valence-corrected chi connectivity index (χ3v) is 5.67. The van der Waals surface area contributed by atoms with Gasteiger partial charge in [0.2, 0.25) is 5.91 Å². The fourth-order valence-electron chi connectivity index (χ4n) is 3.05. The second-order valence-corrected chi connectivity index (χ2v) is 7.81. The van der Waals surface area contributed by atoms with Gasteiger partial charge in [0.1, 0.15) is 0 Å². The highest BCUT2D eigenvalue weighted by Gasteiger charge is 2.23. The number of para-hydroxylation sites is 1. The van der Waals surface area contributed by atoms with Crippen LogP contribution in [-0.2, 0) is 9.59 Å². The number of nitrogens with two attached hydrogens (primary N) is 1. The fraction of sp³-hybridized carbons (Fsp3) is 0.500. The van der Waals surface area contributed by atoms with Crippen molar-refractivity contribution in [1.82, 2.24) is 4.90 Å². The first kappa shape index (κ1) is 20.4. The second-order valence-electron chi connectivity index (χ2n) is 6.82. The quantitative estimate of drug-likeness (QED) is 0.717. The molecule has 5 nitrogen and oxygen atoms in total. The van der Waals surface area contributed by atoms with Crippen LogP contribution in [0.1, 0.15) is 32.3 Å². The number of thioether (sulfide) groups is 1. The molecule has 26 heavy (non-hydrogen) atoms. The molecule has 0 radical (unpaired) electrons. The Morgan fingerprint density at radius 1 is 1.19 bits per heavy atom. The average molecular weight is 376 g/mol. The van der Waals surface area contributed by atoms with Crippen LogP contribution in [0.25, 0.3) is 0 Å². The predicted molar refractivity (Wildman–Crippen MR) is 109 cm³/mol. The van der Waals surface area contributed by atoms with Gasteiger partial charge in [0.05, 0.1) is 5.75 Å². The summed E-state index contributed by atoms with van der Waals surface area (Å²) < 4.78 is 0. The van der Waals surface area contributed by atoms with E-state index in [9.17, 15) is 9.59 Å². The lowest BCUT2D eigenvalue weighted by Crippen LogP contribution is -2.43. The molecule has 6 heteroatoms. The van der Waals surface area contributed by atoms with Crippen molar-refractivity contribution >= 4 is 29.1 Å². The van der Waals surface area contributed by atoms with E-state index in [-0.39, 0.29) is 11.7 Å². The monoisotopic (exact) mass is 375 g/mol. The first-order valence-electron chi connectivity index (χ1n) is 9.02. The van der Waals surface area contributed by atoms with Crippen LogP contribution in [0.3, 0.4) is 0 Å². The largest absolute Gasteiger partial charge is 0.402 e. The molecule has 1 aliphatic rings. The number of amides is 1. The minimum atomic E-state index is -0.0203. The van der Waals surface area contributed by atoms with Crippen LogP contribution in [0.15, 0.2) is 35.5 Å². The maximum Gasteiger partial charge on any atom is 0.232 e. The van der Waals surface area contributed by atoms with E-state index in [1.807, 2.05) is 17.0 Å². The molecular weight excluding hydrogens is 346 g/mol. The van der Waals surface area contributed by atoms with Gasteiger partial charge in [0.15, 0.2) is 5.78 Å². The zero-order valence-corrected chi connectivity index (χ0v) is 16.7. The lowest BCUT2D eigenvalue weighted by atomic mass is 10.0. The fourth-order valence-corrected chi connectivity index (χ4v) is 4.15. The van der Waals surface area contributed by atoms with Crippen molar-refractivity contribution < 1.29 is 9.59 Å². The standard InChI is InChI=1S/C20H29N3O2S/c1-14-6-4-5-7-19(14)22-17-8-10-23(11-9-17)20(25)13-26-12-18(15(2)21)16(3)24/h4-7,17,22H,8-13,21H2,1-3H3. The zero-order chi connectivity index (χ0) is 19.1. The van der Waals surface area contributed by atoms with Crippen molar-refractivity contribution in [2.45, 2.75) is 39.7 Å². The van der Waals surface area contributed by atoms with Gasteiger partial charge in [-0.05, 0) is 45.2 Å². The number of Topliss-reactive ketones (excluding diaryl/α,β-unsaturated/α-hetero) is 1. The molecule has 0 bridgehead atoms. The van der Waals surface area contributed by atoms with Crippen LogP contribution in [0.5, 0.6) is 0 Å². The molecule has 1 aromatic rings. The molecule has 0 saturated carbocycles. The lowest BCUT2D eigenvalue weighted by Gasteiger charge is -2.33. The van der Waals surface area contributed by atoms with E-state index >= 15 is 0 Å². The van der Waals surface area contributed by atoms with Crippen LogP contribution < -0.4 is 11.1 Å². The molecule has 0 aliphatic carbocycles. The molecule has 1 aromatic carbocycles. The molecule has 1 heterocycles. The molecule has 142 valence electrons. The van der Waals surface area contributed by atoms with E-state index in [1.54, 1.807) is 6.92 Å². The number of carbonyl (C=O) groups excluding carboxylic acids is 2. The average Bonchev–Trinajstić information content (AvgIpc) is 2.60. The summed E-state index contributed by atoms with van der Waals surface area (Å²) >= 11 is 1.46. The predicted octanol–water partition coefficient (Wildman–Crippen LogP) is 2.95. The van der Waals surface area contributed by atoms with Gasteiger partial charge in [-0.2, -0.15) is 0 Å². The van der Waals surface area contributed by atoms with Crippen LogP contribution in [0.2, 0.25) is 0 Å². The summed E-state index contributed by atoms with van der Waals surface area (Å²) in [6.45, 7) is 6.89. The van der Waals surface area contributed by atoms with Gasteiger partial charge in [-0.3, -0.25) is 9.59 Å². The maximum atomic E-state index is 12.4. The first-order chi connectivity index (χ1) is 12.4. The molecule has 0 atom stereocenters. The molecule has 1 aliphatic heterocycles. The Kier molecular flexibility index (Phi) is 7.57. The molecule has 2 rings (SSSR count). The number of hydrogen-bond donors (Lipinski definition) is 2. The van der Waals surface area contributed by atoms with Crippen LogP contribution >= 0.6 is 11.8 Å². The van der Waals surface area contributed by atoms with Crippen molar-refractivity contribution in [3.63, 3.8) is 0 Å². The number of nitrogens with zero attached hydrogens (tertiary/aromatic N) is 1. The minimum absolute atomic E-state index is 0.0203. The van der Waals surface area contributed by atoms with E-state index in [4.69, 9.17) is 5.73 Å². The highest BCUT2D eigenvalue weighted by atomic mass is 32.2. The number of likely N-dealkylation sites (tertiary alicyclic amines) is 1. The third kappa shape index (κ3) is 5.80. The number of anilines is 1. The molecule has 3 N–H and O–H groups in total. The Labute approximate surface area is 160 Å². The van der Waals surface area contributed by atoms with E-state index in [0.29, 0.717) is 28.8 Å². The number of ketones is 1. The number of allylic oxidation sites excluding steroid dienone is 1. The van der Waals surface area contributed by atoms with Crippen molar-refractivity contribution in [2.75, 3.05) is 29.9 Å². The highest BCUT2D eigenvalue weighted by Crippen LogP contribution is 2.20. The Balaban J connectivity index is 1.75. The number of hydrogen-bond acceptors (Lipinski definition) is 5.